The van der Waals surface area contributed by atoms with Crippen molar-refractivity contribution < 1.29 is 12.8 Å². The van der Waals surface area contributed by atoms with Crippen molar-refractivity contribution in [1.82, 2.24) is 13.9 Å². The summed E-state index contributed by atoms with van der Waals surface area (Å²) < 4.78 is 32.1. The number of furan rings is 1. The lowest BCUT2D eigenvalue weighted by Gasteiger charge is -2.23. The van der Waals surface area contributed by atoms with E-state index in [1.165, 1.54) is 14.1 Å². The first-order chi connectivity index (χ1) is 7.84. The van der Waals surface area contributed by atoms with E-state index < -0.39 is 10.2 Å². The minimum Gasteiger partial charge on any atom is -0.468 e. The highest BCUT2D eigenvalue weighted by molar-refractivity contribution is 7.87. The molecule has 0 unspecified atom stereocenters. The Morgan fingerprint density at radius 3 is 2.41 bits per heavy atom. The fraction of sp³-hybridized carbons (Fsp3) is 0.600. The van der Waals surface area contributed by atoms with E-state index in [1.807, 2.05) is 25.1 Å². The van der Waals surface area contributed by atoms with Crippen LogP contribution in [0.1, 0.15) is 11.8 Å². The van der Waals surface area contributed by atoms with E-state index in [9.17, 15) is 8.42 Å². The summed E-state index contributed by atoms with van der Waals surface area (Å²) in [5.41, 5.74) is 0. The predicted molar refractivity (Wildman–Crippen MR) is 65.7 cm³/mol. The first kappa shape index (κ1) is 14.2. The molecule has 6 nitrogen and oxygen atoms in total. The molecule has 1 aromatic heterocycles. The summed E-state index contributed by atoms with van der Waals surface area (Å²) in [5.74, 6) is 0.733. The van der Waals surface area contributed by atoms with Gasteiger partial charge >= 0.3 is 0 Å². The molecule has 0 amide bonds. The topological polar surface area (TPSA) is 65.8 Å². The second kappa shape index (κ2) is 5.63. The molecular weight excluding hydrogens is 242 g/mol. The first-order valence-corrected chi connectivity index (χ1v) is 6.65. The largest absolute Gasteiger partial charge is 0.468 e. The van der Waals surface area contributed by atoms with Crippen molar-refractivity contribution in [2.24, 2.45) is 0 Å². The zero-order valence-corrected chi connectivity index (χ0v) is 11.4. The van der Waals surface area contributed by atoms with Gasteiger partial charge in [0.2, 0.25) is 0 Å². The Bertz CT molecular complexity index is 426. The van der Waals surface area contributed by atoms with Crippen molar-refractivity contribution in [3.05, 3.63) is 24.2 Å². The van der Waals surface area contributed by atoms with Gasteiger partial charge in [-0.2, -0.15) is 12.7 Å². The summed E-state index contributed by atoms with van der Waals surface area (Å²) in [6.45, 7) is 0.265. The van der Waals surface area contributed by atoms with Gasteiger partial charge in [-0.25, -0.2) is 4.72 Å². The van der Waals surface area contributed by atoms with Gasteiger partial charge in [0, 0.05) is 20.6 Å². The molecule has 0 radical (unpaired) electrons. The molecule has 0 aliphatic rings. The number of hydrogen-bond acceptors (Lipinski definition) is 4. The highest BCUT2D eigenvalue weighted by Crippen LogP contribution is 2.17. The predicted octanol–water partition coefficient (Wildman–Crippen LogP) is 0.278. The Hall–Kier alpha value is -0.890. The molecule has 0 saturated heterocycles. The van der Waals surface area contributed by atoms with Crippen LogP contribution in [0.25, 0.3) is 0 Å². The average Bonchev–Trinajstić information content (AvgIpc) is 2.70. The maximum absolute atomic E-state index is 11.6. The number of nitrogens with one attached hydrogen (secondary N) is 1. The van der Waals surface area contributed by atoms with Crippen molar-refractivity contribution in [2.75, 3.05) is 34.7 Å². The zero-order valence-electron chi connectivity index (χ0n) is 10.5. The lowest BCUT2D eigenvalue weighted by atomic mass is 10.2. The minimum absolute atomic E-state index is 0.125. The Morgan fingerprint density at radius 2 is 2.00 bits per heavy atom. The SMILES string of the molecule is CN(C)[C@H](CNS(=O)(=O)N(C)C)c1ccco1. The maximum Gasteiger partial charge on any atom is 0.278 e. The second-order valence-corrected chi connectivity index (χ2v) is 6.10. The van der Waals surface area contributed by atoms with Crippen molar-refractivity contribution in [3.63, 3.8) is 0 Å². The molecular formula is C10H19N3O3S. The van der Waals surface area contributed by atoms with E-state index in [1.54, 1.807) is 12.3 Å². The molecule has 0 aliphatic carbocycles. The molecule has 1 heterocycles. The van der Waals surface area contributed by atoms with Crippen LogP contribution in [0, 0.1) is 0 Å². The number of hydrogen-bond donors (Lipinski definition) is 1. The van der Waals surface area contributed by atoms with Crippen LogP contribution in [0.2, 0.25) is 0 Å². The zero-order chi connectivity index (χ0) is 13.1. The third-order valence-electron chi connectivity index (χ3n) is 2.43. The molecule has 98 valence electrons. The standard InChI is InChI=1S/C10H19N3O3S/c1-12(2)9(10-6-5-7-16-10)8-11-17(14,15)13(3)4/h5-7,9,11H,8H2,1-4H3/t9-/m1/s1. The fourth-order valence-corrected chi connectivity index (χ4v) is 1.96. The lowest BCUT2D eigenvalue weighted by Crippen LogP contribution is -2.40. The summed E-state index contributed by atoms with van der Waals surface area (Å²) in [6, 6.07) is 3.49. The van der Waals surface area contributed by atoms with Crippen LogP contribution in [0.3, 0.4) is 0 Å². The molecule has 0 bridgehead atoms. The average molecular weight is 261 g/mol. The van der Waals surface area contributed by atoms with Crippen LogP contribution >= 0.6 is 0 Å². The Morgan fingerprint density at radius 1 is 1.35 bits per heavy atom. The van der Waals surface area contributed by atoms with Gasteiger partial charge in [-0.05, 0) is 26.2 Å². The minimum atomic E-state index is -3.40. The Balaban J connectivity index is 2.71. The molecule has 0 saturated carbocycles. The van der Waals surface area contributed by atoms with E-state index in [0.29, 0.717) is 0 Å². The monoisotopic (exact) mass is 261 g/mol. The fourth-order valence-electron chi connectivity index (χ4n) is 1.33. The van der Waals surface area contributed by atoms with Gasteiger partial charge in [-0.3, -0.25) is 4.90 Å². The van der Waals surface area contributed by atoms with Crippen LogP contribution in [0.5, 0.6) is 0 Å². The molecule has 0 spiro atoms. The van der Waals surface area contributed by atoms with Gasteiger partial charge < -0.3 is 4.42 Å². The van der Waals surface area contributed by atoms with Crippen molar-refractivity contribution in [2.45, 2.75) is 6.04 Å². The first-order valence-electron chi connectivity index (χ1n) is 5.21. The van der Waals surface area contributed by atoms with Crippen LogP contribution in [0.4, 0.5) is 0 Å². The third kappa shape index (κ3) is 3.81. The Labute approximate surface area is 102 Å². The highest BCUT2D eigenvalue weighted by Gasteiger charge is 2.21. The Kier molecular flexibility index (Phi) is 4.70. The smallest absolute Gasteiger partial charge is 0.278 e. The van der Waals surface area contributed by atoms with Crippen molar-refractivity contribution >= 4 is 10.2 Å². The molecule has 1 atom stereocenters. The quantitative estimate of drug-likeness (QED) is 0.798. The molecule has 1 N–H and O–H groups in total. The molecule has 1 rings (SSSR count). The van der Waals surface area contributed by atoms with Gasteiger partial charge in [-0.15, -0.1) is 0 Å². The van der Waals surface area contributed by atoms with Crippen LogP contribution in [-0.4, -0.2) is 52.4 Å². The van der Waals surface area contributed by atoms with Crippen LogP contribution in [-0.2, 0) is 10.2 Å². The second-order valence-electron chi connectivity index (χ2n) is 4.13. The third-order valence-corrected chi connectivity index (χ3v) is 3.93. The number of nitrogens with zero attached hydrogens (tertiary/aromatic N) is 2. The summed E-state index contributed by atoms with van der Waals surface area (Å²) in [7, 11) is 3.31. The molecule has 0 aliphatic heterocycles. The molecule has 7 heteroatoms. The summed E-state index contributed by atoms with van der Waals surface area (Å²) in [5, 5.41) is 0. The van der Waals surface area contributed by atoms with Crippen LogP contribution < -0.4 is 4.72 Å². The molecule has 17 heavy (non-hydrogen) atoms. The molecule has 0 fully saturated rings. The number of likely N-dealkylation sites (N-methyl/N-ethyl adjacent to an activating group) is 1. The number of rotatable bonds is 6. The maximum atomic E-state index is 11.6. The van der Waals surface area contributed by atoms with Crippen molar-refractivity contribution in [3.8, 4) is 0 Å². The highest BCUT2D eigenvalue weighted by atomic mass is 32.2. The van der Waals surface area contributed by atoms with Gasteiger partial charge in [0.15, 0.2) is 0 Å². The van der Waals surface area contributed by atoms with Gasteiger partial charge in [0.25, 0.3) is 10.2 Å². The van der Waals surface area contributed by atoms with Gasteiger partial charge in [0.1, 0.15) is 5.76 Å². The summed E-state index contributed by atoms with van der Waals surface area (Å²) >= 11 is 0. The van der Waals surface area contributed by atoms with Crippen LogP contribution in [0.15, 0.2) is 22.8 Å². The van der Waals surface area contributed by atoms with Crippen molar-refractivity contribution in [1.29, 1.82) is 0 Å². The van der Waals surface area contributed by atoms with E-state index in [0.717, 1.165) is 10.1 Å². The van der Waals surface area contributed by atoms with E-state index in [-0.39, 0.29) is 12.6 Å². The van der Waals surface area contributed by atoms with E-state index in [2.05, 4.69) is 4.72 Å². The summed E-state index contributed by atoms with van der Waals surface area (Å²) in [4.78, 5) is 1.90. The van der Waals surface area contributed by atoms with Gasteiger partial charge in [-0.1, -0.05) is 0 Å². The van der Waals surface area contributed by atoms with E-state index in [4.69, 9.17) is 4.42 Å². The van der Waals surface area contributed by atoms with Gasteiger partial charge in [0.05, 0.1) is 12.3 Å². The summed E-state index contributed by atoms with van der Waals surface area (Å²) in [6.07, 6.45) is 1.58. The normalized spacial score (nSPS) is 14.5. The molecule has 0 aromatic carbocycles. The lowest BCUT2D eigenvalue weighted by molar-refractivity contribution is 0.258. The van der Waals surface area contributed by atoms with E-state index >= 15 is 0 Å². The molecule has 1 aromatic rings.